The summed E-state index contributed by atoms with van der Waals surface area (Å²) in [5.74, 6) is -0.284. The van der Waals surface area contributed by atoms with Crippen LogP contribution < -0.4 is 5.32 Å². The average molecular weight is 1090 g/mol. The van der Waals surface area contributed by atoms with Crippen LogP contribution in [0.25, 0.3) is 0 Å². The molecule has 0 aromatic rings. The molecule has 76 heavy (non-hydrogen) atoms. The fourth-order valence-corrected chi connectivity index (χ4v) is 10.1. The number of ether oxygens (including phenoxy) is 6. The monoisotopic (exact) mass is 1090 g/mol. The van der Waals surface area contributed by atoms with Crippen molar-refractivity contribution in [1.82, 2.24) is 5.32 Å². The Bertz CT molecular complexity index is 1490. The van der Waals surface area contributed by atoms with Crippen molar-refractivity contribution in [1.29, 1.82) is 0 Å². The number of carbonyl (C=O) groups excluding carboxylic acids is 1. The third kappa shape index (κ3) is 25.4. The number of hydrogen-bond acceptors (Lipinski definition) is 18. The molecule has 12 N–H and O–H groups in total. The molecular formula is C57H105NO18. The van der Waals surface area contributed by atoms with Gasteiger partial charge in [0.05, 0.1) is 38.6 Å². The zero-order valence-corrected chi connectivity index (χ0v) is 46.2. The number of rotatable bonds is 43. The summed E-state index contributed by atoms with van der Waals surface area (Å²) in [6.07, 6.45) is 14.5. The van der Waals surface area contributed by atoms with E-state index >= 15 is 0 Å². The highest BCUT2D eigenvalue weighted by Crippen LogP contribution is 2.33. The Labute approximate surface area is 454 Å². The highest BCUT2D eigenvalue weighted by atomic mass is 16.8. The predicted molar refractivity (Wildman–Crippen MR) is 286 cm³/mol. The van der Waals surface area contributed by atoms with Gasteiger partial charge in [-0.1, -0.05) is 186 Å². The number of unbranched alkanes of at least 4 members (excludes halogenated alkanes) is 25. The van der Waals surface area contributed by atoms with Gasteiger partial charge in [-0.3, -0.25) is 4.79 Å². The van der Waals surface area contributed by atoms with Gasteiger partial charge in [-0.05, 0) is 32.1 Å². The lowest BCUT2D eigenvalue weighted by Crippen LogP contribution is -2.66. The van der Waals surface area contributed by atoms with Crippen molar-refractivity contribution in [2.75, 3.05) is 26.4 Å². The van der Waals surface area contributed by atoms with Crippen LogP contribution in [0.5, 0.6) is 0 Å². The summed E-state index contributed by atoms with van der Waals surface area (Å²) in [5.41, 5.74) is 0. The summed E-state index contributed by atoms with van der Waals surface area (Å²) in [5, 5.41) is 120. The van der Waals surface area contributed by atoms with Crippen LogP contribution in [0.1, 0.15) is 200 Å². The van der Waals surface area contributed by atoms with Gasteiger partial charge in [-0.2, -0.15) is 0 Å². The summed E-state index contributed by atoms with van der Waals surface area (Å²) < 4.78 is 34.2. The molecule has 1 amide bonds. The van der Waals surface area contributed by atoms with E-state index in [-0.39, 0.29) is 18.9 Å². The van der Waals surface area contributed by atoms with Gasteiger partial charge in [0.1, 0.15) is 73.2 Å². The summed E-state index contributed by atoms with van der Waals surface area (Å²) >= 11 is 0. The second kappa shape index (κ2) is 41.3. The summed E-state index contributed by atoms with van der Waals surface area (Å²) in [7, 11) is 0. The molecule has 19 nitrogen and oxygen atoms in total. The summed E-state index contributed by atoms with van der Waals surface area (Å²) in [6, 6.07) is -0.984. The van der Waals surface area contributed by atoms with E-state index in [4.69, 9.17) is 28.4 Å². The molecule has 17 atom stereocenters. The predicted octanol–water partition coefficient (Wildman–Crippen LogP) is 4.76. The quantitative estimate of drug-likeness (QED) is 0.0289. The lowest BCUT2D eigenvalue weighted by atomic mass is 9.96. The van der Waals surface area contributed by atoms with Gasteiger partial charge in [-0.15, -0.1) is 0 Å². The Kier molecular flexibility index (Phi) is 37.2. The van der Waals surface area contributed by atoms with Gasteiger partial charge in [0.2, 0.25) is 5.91 Å². The van der Waals surface area contributed by atoms with Crippen LogP contribution in [0.3, 0.4) is 0 Å². The van der Waals surface area contributed by atoms with E-state index in [1.54, 1.807) is 6.08 Å². The van der Waals surface area contributed by atoms with Crippen molar-refractivity contribution in [3.05, 3.63) is 24.3 Å². The lowest BCUT2D eigenvalue weighted by Gasteiger charge is -2.48. The maximum Gasteiger partial charge on any atom is 0.220 e. The van der Waals surface area contributed by atoms with Gasteiger partial charge in [0.15, 0.2) is 18.9 Å². The number of aliphatic hydroxyl groups is 11. The maximum atomic E-state index is 13.3. The van der Waals surface area contributed by atoms with Gasteiger partial charge >= 0.3 is 0 Å². The average Bonchev–Trinajstić information content (AvgIpc) is 3.42. The molecule has 0 bridgehead atoms. The van der Waals surface area contributed by atoms with Gasteiger partial charge in [0.25, 0.3) is 0 Å². The highest BCUT2D eigenvalue weighted by molar-refractivity contribution is 5.76. The normalized spacial score (nSPS) is 31.1. The van der Waals surface area contributed by atoms with E-state index < -0.39 is 124 Å². The summed E-state index contributed by atoms with van der Waals surface area (Å²) in [6.45, 7) is 1.70. The minimum absolute atomic E-state index is 0.240. The van der Waals surface area contributed by atoms with Crippen molar-refractivity contribution < 1.29 is 89.4 Å². The fraction of sp³-hybridized carbons (Fsp3) is 0.912. The standard InChI is InChI=1S/C57H105NO18/c1-3-5-7-9-11-13-15-17-19-21-23-25-27-29-31-33-35-45(63)58-40(41(62)34-32-30-28-26-24-22-20-18-16-14-12-10-8-6-4-2)39-71-55-51(69)48(66)53(43(37-60)73-55)76-57-52(70)49(67)54(44(38-61)74-57)75-56-50(68)47(65)46(64)42(36-59)72-56/h24,26,32,34,40-44,46-57,59-62,64-70H,3-23,25,27-31,33,35-39H2,1-2H3,(H,58,63)/b26-24+,34-32+. The molecule has 3 aliphatic heterocycles. The molecule has 0 aromatic heterocycles. The Balaban J connectivity index is 1.53. The Morgan fingerprint density at radius 1 is 0.461 bits per heavy atom. The van der Waals surface area contributed by atoms with Gasteiger partial charge in [0, 0.05) is 6.42 Å². The second-order valence-electron chi connectivity index (χ2n) is 21.5. The maximum absolute atomic E-state index is 13.3. The Hall–Kier alpha value is -1.73. The minimum Gasteiger partial charge on any atom is -0.394 e. The van der Waals surface area contributed by atoms with Crippen molar-refractivity contribution in [2.24, 2.45) is 0 Å². The number of hydrogen-bond donors (Lipinski definition) is 12. The molecule has 0 radical (unpaired) electrons. The first-order chi connectivity index (χ1) is 36.8. The third-order valence-electron chi connectivity index (χ3n) is 15.0. The number of allylic oxidation sites excluding steroid dienone is 3. The van der Waals surface area contributed by atoms with Crippen LogP contribution in [0.15, 0.2) is 24.3 Å². The van der Waals surface area contributed by atoms with E-state index in [0.717, 1.165) is 38.5 Å². The largest absolute Gasteiger partial charge is 0.394 e. The molecule has 3 fully saturated rings. The number of nitrogens with one attached hydrogen (secondary N) is 1. The molecule has 3 saturated heterocycles. The van der Waals surface area contributed by atoms with Crippen LogP contribution >= 0.6 is 0 Å². The van der Waals surface area contributed by atoms with Crippen molar-refractivity contribution >= 4 is 5.91 Å². The number of carbonyl (C=O) groups is 1. The fourth-order valence-electron chi connectivity index (χ4n) is 10.1. The first-order valence-electron chi connectivity index (χ1n) is 29.6. The third-order valence-corrected chi connectivity index (χ3v) is 15.0. The van der Waals surface area contributed by atoms with Crippen LogP contribution in [0, 0.1) is 0 Å². The molecule has 19 heteroatoms. The summed E-state index contributed by atoms with van der Waals surface area (Å²) in [4.78, 5) is 13.3. The molecule has 0 aliphatic carbocycles. The molecule has 3 rings (SSSR count). The van der Waals surface area contributed by atoms with E-state index in [0.29, 0.717) is 12.8 Å². The van der Waals surface area contributed by atoms with Crippen molar-refractivity contribution in [3.8, 4) is 0 Å². The van der Waals surface area contributed by atoms with Crippen molar-refractivity contribution in [3.63, 3.8) is 0 Å². The van der Waals surface area contributed by atoms with Crippen LogP contribution in [0.2, 0.25) is 0 Å². The molecule has 446 valence electrons. The number of aliphatic hydroxyl groups excluding tert-OH is 11. The van der Waals surface area contributed by atoms with E-state index in [1.807, 2.05) is 6.08 Å². The van der Waals surface area contributed by atoms with Crippen LogP contribution in [0.4, 0.5) is 0 Å². The lowest BCUT2D eigenvalue weighted by molar-refractivity contribution is -0.379. The Morgan fingerprint density at radius 3 is 1.32 bits per heavy atom. The van der Waals surface area contributed by atoms with E-state index in [1.165, 1.54) is 128 Å². The highest BCUT2D eigenvalue weighted by Gasteiger charge is 2.53. The molecule has 0 spiro atoms. The van der Waals surface area contributed by atoms with Gasteiger partial charge < -0.3 is 89.9 Å². The first kappa shape index (κ1) is 68.5. The molecule has 0 aromatic carbocycles. The van der Waals surface area contributed by atoms with Crippen molar-refractivity contribution in [2.45, 2.75) is 304 Å². The topological polar surface area (TPSA) is 307 Å². The molecule has 17 unspecified atom stereocenters. The van der Waals surface area contributed by atoms with Gasteiger partial charge in [-0.25, -0.2) is 0 Å². The Morgan fingerprint density at radius 2 is 0.842 bits per heavy atom. The SMILES string of the molecule is CCCCCCCCCCC/C=C/CC/C=C/C(O)C(COC1OC(CO)C(OC2OC(CO)C(OC3OC(CO)C(O)C(O)C3O)C(O)C2O)C(O)C1O)NC(=O)CCCCCCCCCCCCCCCCCC. The van der Waals surface area contributed by atoms with Crippen LogP contribution in [-0.2, 0) is 33.2 Å². The van der Waals surface area contributed by atoms with E-state index in [2.05, 4.69) is 31.3 Å². The molecular weight excluding hydrogens is 987 g/mol. The van der Waals surface area contributed by atoms with Crippen LogP contribution in [-0.4, -0.2) is 193 Å². The zero-order valence-electron chi connectivity index (χ0n) is 46.2. The molecule has 0 saturated carbocycles. The first-order valence-corrected chi connectivity index (χ1v) is 29.6. The zero-order chi connectivity index (χ0) is 55.5. The van der Waals surface area contributed by atoms with E-state index in [9.17, 15) is 61.0 Å². The second-order valence-corrected chi connectivity index (χ2v) is 21.5. The minimum atomic E-state index is -1.98. The molecule has 3 heterocycles. The number of amides is 1. The smallest absolute Gasteiger partial charge is 0.220 e. The molecule has 3 aliphatic rings.